The van der Waals surface area contributed by atoms with Crippen molar-refractivity contribution < 1.29 is 4.79 Å². The minimum absolute atomic E-state index is 0.127. The first kappa shape index (κ1) is 11.2. The summed E-state index contributed by atoms with van der Waals surface area (Å²) in [6.07, 6.45) is 4.80. The molecule has 0 radical (unpaired) electrons. The van der Waals surface area contributed by atoms with Gasteiger partial charge in [0.25, 0.3) is 5.91 Å². The van der Waals surface area contributed by atoms with Crippen LogP contribution in [0.25, 0.3) is 0 Å². The molecule has 0 atom stereocenters. The van der Waals surface area contributed by atoms with E-state index in [0.717, 1.165) is 5.69 Å². The summed E-state index contributed by atoms with van der Waals surface area (Å²) in [6, 6.07) is 5.14. The SMILES string of the molecule is Cn1cccc1CNC(=O)c1c[nH]ccc1=O. The highest BCUT2D eigenvalue weighted by molar-refractivity contribution is 5.93. The molecule has 2 rings (SSSR count). The monoisotopic (exact) mass is 231 g/mol. The molecule has 0 aromatic carbocycles. The first-order valence-corrected chi connectivity index (χ1v) is 5.24. The molecule has 0 unspecified atom stereocenters. The maximum atomic E-state index is 11.7. The number of pyridine rings is 1. The lowest BCUT2D eigenvalue weighted by Crippen LogP contribution is -2.28. The van der Waals surface area contributed by atoms with E-state index in [9.17, 15) is 9.59 Å². The molecule has 1 amide bonds. The summed E-state index contributed by atoms with van der Waals surface area (Å²) in [5, 5.41) is 2.70. The summed E-state index contributed by atoms with van der Waals surface area (Å²) >= 11 is 0. The second kappa shape index (κ2) is 4.69. The smallest absolute Gasteiger partial charge is 0.257 e. The van der Waals surface area contributed by atoms with Crippen LogP contribution >= 0.6 is 0 Å². The Kier molecular flexibility index (Phi) is 3.09. The van der Waals surface area contributed by atoms with Gasteiger partial charge in [-0.05, 0) is 12.1 Å². The van der Waals surface area contributed by atoms with Crippen LogP contribution in [-0.2, 0) is 13.6 Å². The van der Waals surface area contributed by atoms with Crippen molar-refractivity contribution in [2.75, 3.05) is 0 Å². The van der Waals surface area contributed by atoms with Gasteiger partial charge in [0, 0.05) is 37.4 Å². The van der Waals surface area contributed by atoms with Crippen molar-refractivity contribution in [3.63, 3.8) is 0 Å². The molecule has 88 valence electrons. The quantitative estimate of drug-likeness (QED) is 0.814. The molecule has 0 saturated carbocycles. The number of hydrogen-bond acceptors (Lipinski definition) is 2. The highest BCUT2D eigenvalue weighted by Crippen LogP contribution is 1.99. The minimum Gasteiger partial charge on any atom is -0.367 e. The van der Waals surface area contributed by atoms with E-state index in [1.807, 2.05) is 29.9 Å². The standard InChI is InChI=1S/C12H13N3O2/c1-15-6-2-3-9(15)7-14-12(17)10-8-13-5-4-11(10)16/h2-6,8H,7H2,1H3,(H,13,16)(H,14,17). The largest absolute Gasteiger partial charge is 0.367 e. The van der Waals surface area contributed by atoms with Crippen LogP contribution in [0.1, 0.15) is 16.1 Å². The Hall–Kier alpha value is -2.30. The fourth-order valence-corrected chi connectivity index (χ4v) is 1.54. The Morgan fingerprint density at radius 1 is 1.47 bits per heavy atom. The molecular weight excluding hydrogens is 218 g/mol. The van der Waals surface area contributed by atoms with Crippen LogP contribution in [0.5, 0.6) is 0 Å². The predicted octanol–water partition coefficient (Wildman–Crippen LogP) is 0.643. The van der Waals surface area contributed by atoms with Gasteiger partial charge in [0.15, 0.2) is 5.43 Å². The van der Waals surface area contributed by atoms with Crippen molar-refractivity contribution in [2.45, 2.75) is 6.54 Å². The molecule has 2 heterocycles. The molecule has 0 spiro atoms. The normalized spacial score (nSPS) is 10.2. The lowest BCUT2D eigenvalue weighted by atomic mass is 10.2. The number of carbonyl (C=O) groups is 1. The van der Waals surface area contributed by atoms with Crippen LogP contribution < -0.4 is 10.7 Å². The molecule has 5 nitrogen and oxygen atoms in total. The summed E-state index contributed by atoms with van der Waals surface area (Å²) in [5.74, 6) is -0.368. The number of aryl methyl sites for hydroxylation is 1. The maximum absolute atomic E-state index is 11.7. The Morgan fingerprint density at radius 2 is 2.29 bits per heavy atom. The third-order valence-electron chi connectivity index (χ3n) is 2.55. The average Bonchev–Trinajstić information content (AvgIpc) is 2.72. The zero-order valence-corrected chi connectivity index (χ0v) is 9.43. The number of nitrogens with zero attached hydrogens (tertiary/aromatic N) is 1. The molecule has 2 N–H and O–H groups in total. The van der Waals surface area contributed by atoms with Gasteiger partial charge in [-0.15, -0.1) is 0 Å². The van der Waals surface area contributed by atoms with Gasteiger partial charge in [0.05, 0.1) is 6.54 Å². The van der Waals surface area contributed by atoms with Crippen molar-refractivity contribution >= 4 is 5.91 Å². The van der Waals surface area contributed by atoms with Crippen molar-refractivity contribution in [2.24, 2.45) is 7.05 Å². The van der Waals surface area contributed by atoms with Crippen LogP contribution in [-0.4, -0.2) is 15.5 Å². The summed E-state index contributed by atoms with van der Waals surface area (Å²) in [5.41, 5.74) is 0.820. The fraction of sp³-hybridized carbons (Fsp3) is 0.167. The number of aromatic amines is 1. The molecule has 17 heavy (non-hydrogen) atoms. The van der Waals surface area contributed by atoms with Crippen LogP contribution in [0, 0.1) is 0 Å². The van der Waals surface area contributed by atoms with Crippen molar-refractivity contribution in [1.82, 2.24) is 14.9 Å². The first-order chi connectivity index (χ1) is 8.18. The third-order valence-corrected chi connectivity index (χ3v) is 2.55. The molecule has 0 bridgehead atoms. The Balaban J connectivity index is 2.06. The van der Waals surface area contributed by atoms with E-state index in [2.05, 4.69) is 10.3 Å². The van der Waals surface area contributed by atoms with E-state index in [1.54, 1.807) is 0 Å². The van der Waals surface area contributed by atoms with Crippen LogP contribution in [0.2, 0.25) is 0 Å². The van der Waals surface area contributed by atoms with Gasteiger partial charge >= 0.3 is 0 Å². The number of rotatable bonds is 3. The van der Waals surface area contributed by atoms with E-state index < -0.39 is 0 Å². The molecule has 0 saturated heterocycles. The molecule has 0 aliphatic carbocycles. The third kappa shape index (κ3) is 2.44. The number of H-pyrrole nitrogens is 1. The maximum Gasteiger partial charge on any atom is 0.257 e. The topological polar surface area (TPSA) is 66.9 Å². The van der Waals surface area contributed by atoms with Gasteiger partial charge in [0.2, 0.25) is 0 Å². The van der Waals surface area contributed by atoms with Crippen LogP contribution in [0.4, 0.5) is 0 Å². The average molecular weight is 231 g/mol. The second-order valence-electron chi connectivity index (χ2n) is 3.72. The summed E-state index contributed by atoms with van der Waals surface area (Å²) in [7, 11) is 1.90. The lowest BCUT2D eigenvalue weighted by molar-refractivity contribution is 0.0948. The molecule has 0 fully saturated rings. The summed E-state index contributed by atoms with van der Waals surface area (Å²) in [4.78, 5) is 25.9. The molecule has 5 heteroatoms. The molecular formula is C12H13N3O2. The predicted molar refractivity (Wildman–Crippen MR) is 63.6 cm³/mol. The van der Waals surface area contributed by atoms with E-state index in [1.165, 1.54) is 18.5 Å². The zero-order valence-electron chi connectivity index (χ0n) is 9.43. The van der Waals surface area contributed by atoms with Crippen molar-refractivity contribution in [1.29, 1.82) is 0 Å². The molecule has 0 aliphatic rings. The Labute approximate surface area is 98.1 Å². The molecule has 2 aromatic heterocycles. The van der Waals surface area contributed by atoms with Gasteiger partial charge in [0.1, 0.15) is 5.56 Å². The number of hydrogen-bond donors (Lipinski definition) is 2. The van der Waals surface area contributed by atoms with Gasteiger partial charge in [-0.25, -0.2) is 0 Å². The van der Waals surface area contributed by atoms with E-state index in [-0.39, 0.29) is 16.9 Å². The fourth-order valence-electron chi connectivity index (χ4n) is 1.54. The van der Waals surface area contributed by atoms with Gasteiger partial charge in [-0.1, -0.05) is 0 Å². The van der Waals surface area contributed by atoms with E-state index >= 15 is 0 Å². The second-order valence-corrected chi connectivity index (χ2v) is 3.72. The highest BCUT2D eigenvalue weighted by Gasteiger charge is 2.09. The number of aromatic nitrogens is 2. The molecule has 0 aliphatic heterocycles. The first-order valence-electron chi connectivity index (χ1n) is 5.24. The van der Waals surface area contributed by atoms with Crippen molar-refractivity contribution in [3.8, 4) is 0 Å². The van der Waals surface area contributed by atoms with Gasteiger partial charge in [-0.3, -0.25) is 9.59 Å². The van der Waals surface area contributed by atoms with Gasteiger partial charge in [-0.2, -0.15) is 0 Å². The van der Waals surface area contributed by atoms with Crippen molar-refractivity contribution in [3.05, 3.63) is 58.3 Å². The lowest BCUT2D eigenvalue weighted by Gasteiger charge is -2.05. The highest BCUT2D eigenvalue weighted by atomic mass is 16.2. The van der Waals surface area contributed by atoms with E-state index in [0.29, 0.717) is 6.54 Å². The van der Waals surface area contributed by atoms with Gasteiger partial charge < -0.3 is 14.9 Å². The minimum atomic E-state index is -0.368. The zero-order chi connectivity index (χ0) is 12.3. The van der Waals surface area contributed by atoms with Crippen LogP contribution in [0.3, 0.4) is 0 Å². The number of nitrogens with one attached hydrogen (secondary N) is 2. The molecule has 2 aromatic rings. The summed E-state index contributed by atoms with van der Waals surface area (Å²) in [6.45, 7) is 0.399. The van der Waals surface area contributed by atoms with Crippen LogP contribution in [0.15, 0.2) is 41.6 Å². The Bertz CT molecular complexity index is 583. The van der Waals surface area contributed by atoms with E-state index in [4.69, 9.17) is 0 Å². The number of carbonyl (C=O) groups excluding carboxylic acids is 1. The summed E-state index contributed by atoms with van der Waals surface area (Å²) < 4.78 is 1.91. The number of amides is 1. The Morgan fingerprint density at radius 3 is 2.94 bits per heavy atom.